The maximum Gasteiger partial charge on any atom is 0.158 e. The van der Waals surface area contributed by atoms with Crippen LogP contribution < -0.4 is 5.32 Å². The molecule has 3 N–H and O–H groups in total. The van der Waals surface area contributed by atoms with Crippen molar-refractivity contribution < 1.29 is 14.8 Å². The van der Waals surface area contributed by atoms with Gasteiger partial charge in [0.15, 0.2) is 5.76 Å². The van der Waals surface area contributed by atoms with Crippen molar-refractivity contribution in [2.24, 2.45) is 0 Å². The van der Waals surface area contributed by atoms with Crippen LogP contribution in [0.2, 0.25) is 0 Å². The first-order valence-corrected chi connectivity index (χ1v) is 8.43. The lowest BCUT2D eigenvalue weighted by atomic mass is 9.95. The predicted molar refractivity (Wildman–Crippen MR) is 87.3 cm³/mol. The zero-order chi connectivity index (χ0) is 15.4. The van der Waals surface area contributed by atoms with Gasteiger partial charge in [-0.25, -0.2) is 0 Å². The highest BCUT2D eigenvalue weighted by molar-refractivity contribution is 5.58. The molecule has 1 heterocycles. The molecule has 2 aromatic rings. The summed E-state index contributed by atoms with van der Waals surface area (Å²) in [5.74, 6) is 1.95. The fourth-order valence-electron chi connectivity index (χ4n) is 3.22. The maximum absolute atomic E-state index is 9.56. The number of rotatable bonds is 5. The van der Waals surface area contributed by atoms with Crippen LogP contribution in [-0.4, -0.2) is 11.1 Å². The summed E-state index contributed by atoms with van der Waals surface area (Å²) in [4.78, 5) is 0. The summed E-state index contributed by atoms with van der Waals surface area (Å²) in [6.45, 7) is 2.71. The smallest absolute Gasteiger partial charge is 0.158 e. The fourth-order valence-corrected chi connectivity index (χ4v) is 3.22. The van der Waals surface area contributed by atoms with Crippen molar-refractivity contribution in [1.29, 1.82) is 0 Å². The first kappa shape index (κ1) is 15.3. The molecule has 0 bridgehead atoms. The minimum Gasteiger partial charge on any atom is -0.455 e. The molecular weight excluding hydrogens is 274 g/mol. The van der Waals surface area contributed by atoms with Crippen LogP contribution in [0.15, 0.2) is 40.8 Å². The summed E-state index contributed by atoms with van der Waals surface area (Å²) >= 11 is 0. The molecule has 0 saturated heterocycles. The van der Waals surface area contributed by atoms with Crippen molar-refractivity contribution in [2.75, 3.05) is 0 Å². The van der Waals surface area contributed by atoms with E-state index < -0.39 is 6.10 Å². The lowest BCUT2D eigenvalue weighted by Gasteiger charge is -2.19. The molecule has 0 unspecified atom stereocenters. The first-order valence-electron chi connectivity index (χ1n) is 8.43. The average molecular weight is 300 g/mol. The molecule has 0 amide bonds. The second-order valence-corrected chi connectivity index (χ2v) is 6.40. The van der Waals surface area contributed by atoms with Gasteiger partial charge in [0, 0.05) is 5.56 Å². The minimum atomic E-state index is -0.425. The zero-order valence-electron chi connectivity index (χ0n) is 13.3. The van der Waals surface area contributed by atoms with Crippen molar-refractivity contribution in [3.63, 3.8) is 0 Å². The zero-order valence-corrected chi connectivity index (χ0v) is 13.3. The van der Waals surface area contributed by atoms with Crippen LogP contribution in [0.1, 0.15) is 56.5 Å². The van der Waals surface area contributed by atoms with E-state index in [1.807, 2.05) is 30.3 Å². The third-order valence-corrected chi connectivity index (χ3v) is 4.64. The third kappa shape index (κ3) is 3.79. The normalized spacial score (nSPS) is 17.5. The predicted octanol–water partition coefficient (Wildman–Crippen LogP) is 3.40. The van der Waals surface area contributed by atoms with Gasteiger partial charge in [-0.3, -0.25) is 0 Å². The highest BCUT2D eigenvalue weighted by atomic mass is 16.3. The summed E-state index contributed by atoms with van der Waals surface area (Å²) < 4.78 is 5.97. The summed E-state index contributed by atoms with van der Waals surface area (Å²) in [5.41, 5.74) is 1.99. The molecule has 118 valence electrons. The molecule has 1 aromatic carbocycles. The Kier molecular flexibility index (Phi) is 4.96. The van der Waals surface area contributed by atoms with Gasteiger partial charge in [-0.05, 0) is 50.3 Å². The van der Waals surface area contributed by atoms with Crippen molar-refractivity contribution in [1.82, 2.24) is 0 Å². The van der Waals surface area contributed by atoms with Gasteiger partial charge in [0.2, 0.25) is 0 Å². The molecule has 0 radical (unpaired) electrons. The Morgan fingerprint density at radius 1 is 1.09 bits per heavy atom. The van der Waals surface area contributed by atoms with E-state index in [0.717, 1.165) is 35.2 Å². The SMILES string of the molecule is C[C@@H](O)c1ccc(-c2ccc(C[NH2+]C3CCCCC3)o2)cc1. The van der Waals surface area contributed by atoms with Gasteiger partial charge in [-0.1, -0.05) is 30.7 Å². The summed E-state index contributed by atoms with van der Waals surface area (Å²) in [6.07, 6.45) is 6.41. The van der Waals surface area contributed by atoms with Gasteiger partial charge >= 0.3 is 0 Å². The Hall–Kier alpha value is -1.58. The van der Waals surface area contributed by atoms with Crippen LogP contribution in [0, 0.1) is 0 Å². The summed E-state index contributed by atoms with van der Waals surface area (Å²) in [7, 11) is 0. The number of furan rings is 1. The number of hydrogen-bond donors (Lipinski definition) is 2. The molecule has 0 aliphatic heterocycles. The second-order valence-electron chi connectivity index (χ2n) is 6.40. The lowest BCUT2D eigenvalue weighted by Crippen LogP contribution is -2.88. The molecule has 0 spiro atoms. The van der Waals surface area contributed by atoms with E-state index in [9.17, 15) is 5.11 Å². The molecule has 1 saturated carbocycles. The van der Waals surface area contributed by atoms with E-state index in [1.165, 1.54) is 32.1 Å². The fraction of sp³-hybridized carbons (Fsp3) is 0.474. The molecule has 1 fully saturated rings. The second kappa shape index (κ2) is 7.12. The minimum absolute atomic E-state index is 0.425. The molecule has 3 rings (SSSR count). The Morgan fingerprint density at radius 3 is 2.50 bits per heavy atom. The van der Waals surface area contributed by atoms with Crippen molar-refractivity contribution in [2.45, 2.75) is 57.7 Å². The number of nitrogens with two attached hydrogens (primary N) is 1. The van der Waals surface area contributed by atoms with E-state index in [1.54, 1.807) is 6.92 Å². The number of quaternary nitrogens is 1. The van der Waals surface area contributed by atoms with Crippen LogP contribution in [0.5, 0.6) is 0 Å². The molecule has 1 aliphatic rings. The first-order chi connectivity index (χ1) is 10.7. The van der Waals surface area contributed by atoms with Crippen LogP contribution in [-0.2, 0) is 6.54 Å². The highest BCUT2D eigenvalue weighted by Gasteiger charge is 2.16. The van der Waals surface area contributed by atoms with Crippen LogP contribution in [0.3, 0.4) is 0 Å². The summed E-state index contributed by atoms with van der Waals surface area (Å²) in [6, 6.07) is 12.8. The van der Waals surface area contributed by atoms with Gasteiger partial charge < -0.3 is 14.8 Å². The topological polar surface area (TPSA) is 50.0 Å². The van der Waals surface area contributed by atoms with E-state index >= 15 is 0 Å². The number of hydrogen-bond acceptors (Lipinski definition) is 2. The molecule has 22 heavy (non-hydrogen) atoms. The Morgan fingerprint density at radius 2 is 1.82 bits per heavy atom. The lowest BCUT2D eigenvalue weighted by molar-refractivity contribution is -0.708. The third-order valence-electron chi connectivity index (χ3n) is 4.64. The van der Waals surface area contributed by atoms with Gasteiger partial charge in [0.1, 0.15) is 12.3 Å². The number of aliphatic hydroxyl groups excluding tert-OH is 1. The monoisotopic (exact) mass is 300 g/mol. The van der Waals surface area contributed by atoms with Crippen molar-refractivity contribution in [3.8, 4) is 11.3 Å². The summed E-state index contributed by atoms with van der Waals surface area (Å²) in [5, 5.41) is 12.0. The van der Waals surface area contributed by atoms with Gasteiger partial charge in [-0.15, -0.1) is 0 Å². The molecule has 1 atom stereocenters. The molecule has 1 aliphatic carbocycles. The van der Waals surface area contributed by atoms with E-state index in [4.69, 9.17) is 4.42 Å². The van der Waals surface area contributed by atoms with Crippen LogP contribution in [0.25, 0.3) is 11.3 Å². The standard InChI is InChI=1S/C19H25NO2/c1-14(21)15-7-9-16(10-8-15)19-12-11-18(22-19)13-20-17-5-3-2-4-6-17/h7-12,14,17,20-21H,2-6,13H2,1H3/p+1/t14-/m1/s1. The van der Waals surface area contributed by atoms with E-state index in [2.05, 4.69) is 11.4 Å². The van der Waals surface area contributed by atoms with Gasteiger partial charge in [-0.2, -0.15) is 0 Å². The molecule has 1 aromatic heterocycles. The Labute approximate surface area is 132 Å². The largest absolute Gasteiger partial charge is 0.455 e. The quantitative estimate of drug-likeness (QED) is 0.889. The van der Waals surface area contributed by atoms with Crippen LogP contribution >= 0.6 is 0 Å². The molecule has 3 nitrogen and oxygen atoms in total. The molecular formula is C19H26NO2+. The average Bonchev–Trinajstić information content (AvgIpc) is 3.03. The number of aliphatic hydroxyl groups is 1. The van der Waals surface area contributed by atoms with Gasteiger partial charge in [0.25, 0.3) is 0 Å². The Bertz CT molecular complexity index is 580. The molecule has 3 heteroatoms. The highest BCUT2D eigenvalue weighted by Crippen LogP contribution is 2.24. The van der Waals surface area contributed by atoms with E-state index in [0.29, 0.717) is 0 Å². The van der Waals surface area contributed by atoms with Gasteiger partial charge in [0.05, 0.1) is 12.1 Å². The van der Waals surface area contributed by atoms with E-state index in [-0.39, 0.29) is 0 Å². The van der Waals surface area contributed by atoms with Crippen LogP contribution in [0.4, 0.5) is 0 Å². The van der Waals surface area contributed by atoms with Crippen molar-refractivity contribution in [3.05, 3.63) is 47.7 Å². The van der Waals surface area contributed by atoms with Crippen molar-refractivity contribution >= 4 is 0 Å². The Balaban J connectivity index is 1.60. The number of benzene rings is 1. The maximum atomic E-state index is 9.56.